The molecule has 0 bridgehead atoms. The Kier molecular flexibility index (Phi) is 7.60. The molecule has 1 aliphatic rings. The molecule has 0 saturated heterocycles. The molecule has 25 heavy (non-hydrogen) atoms. The lowest BCUT2D eigenvalue weighted by Gasteiger charge is -2.28. The summed E-state index contributed by atoms with van der Waals surface area (Å²) >= 11 is 0. The van der Waals surface area contributed by atoms with Gasteiger partial charge in [0.1, 0.15) is 6.61 Å². The molecule has 2 aromatic carbocycles. The van der Waals surface area contributed by atoms with Crippen molar-refractivity contribution < 1.29 is 9.47 Å². The standard InChI is InChI=1S/C21H27NO2.ClH/c1-23-19-13-12-18(21(22)17-10-6-3-7-11-17)14-20(19)24-15-16-8-4-2-5-9-16;/h2,4-5,8-9,12-14,17,21H,3,6-7,10-11,15,22H2,1H3;1H/t21-;/m1./s1. The van der Waals surface area contributed by atoms with Crippen LogP contribution in [0.25, 0.3) is 0 Å². The van der Waals surface area contributed by atoms with E-state index in [1.807, 2.05) is 24.3 Å². The summed E-state index contributed by atoms with van der Waals surface area (Å²) in [7, 11) is 1.67. The molecular formula is C21H28ClNO2. The second-order valence-electron chi connectivity index (χ2n) is 6.61. The molecule has 0 radical (unpaired) electrons. The van der Waals surface area contributed by atoms with Gasteiger partial charge in [0, 0.05) is 6.04 Å². The van der Waals surface area contributed by atoms with Crippen molar-refractivity contribution in [3.05, 3.63) is 59.7 Å². The van der Waals surface area contributed by atoms with Crippen LogP contribution in [-0.2, 0) is 6.61 Å². The minimum atomic E-state index is 0. The molecule has 0 aliphatic heterocycles. The average Bonchev–Trinajstić information content (AvgIpc) is 2.67. The van der Waals surface area contributed by atoms with Gasteiger partial charge in [-0.3, -0.25) is 0 Å². The van der Waals surface area contributed by atoms with Gasteiger partial charge in [0.2, 0.25) is 0 Å². The summed E-state index contributed by atoms with van der Waals surface area (Å²) in [4.78, 5) is 0. The first-order valence-electron chi connectivity index (χ1n) is 8.88. The van der Waals surface area contributed by atoms with E-state index in [-0.39, 0.29) is 18.4 Å². The van der Waals surface area contributed by atoms with Gasteiger partial charge in [0.25, 0.3) is 0 Å². The lowest BCUT2D eigenvalue weighted by molar-refractivity contribution is 0.281. The van der Waals surface area contributed by atoms with Crippen molar-refractivity contribution in [2.45, 2.75) is 44.8 Å². The van der Waals surface area contributed by atoms with Crippen LogP contribution >= 0.6 is 12.4 Å². The van der Waals surface area contributed by atoms with Gasteiger partial charge in [0.15, 0.2) is 11.5 Å². The summed E-state index contributed by atoms with van der Waals surface area (Å²) in [5.74, 6) is 2.10. The minimum Gasteiger partial charge on any atom is -0.493 e. The normalized spacial score (nSPS) is 15.9. The molecule has 1 aliphatic carbocycles. The molecular weight excluding hydrogens is 334 g/mol. The average molecular weight is 362 g/mol. The van der Waals surface area contributed by atoms with Crippen molar-refractivity contribution in [2.75, 3.05) is 7.11 Å². The maximum absolute atomic E-state index is 6.54. The second kappa shape index (κ2) is 9.69. The van der Waals surface area contributed by atoms with Crippen LogP contribution in [0.4, 0.5) is 0 Å². The number of hydrogen-bond acceptors (Lipinski definition) is 3. The molecule has 1 atom stereocenters. The number of hydrogen-bond donors (Lipinski definition) is 1. The Balaban J connectivity index is 0.00000225. The first kappa shape index (κ1) is 19.6. The van der Waals surface area contributed by atoms with Gasteiger partial charge in [-0.05, 0) is 42.0 Å². The molecule has 3 rings (SSSR count). The summed E-state index contributed by atoms with van der Waals surface area (Å²) in [5, 5.41) is 0. The van der Waals surface area contributed by atoms with Crippen molar-refractivity contribution in [1.29, 1.82) is 0 Å². The highest BCUT2D eigenvalue weighted by Crippen LogP contribution is 2.36. The zero-order valence-corrected chi connectivity index (χ0v) is 15.6. The smallest absolute Gasteiger partial charge is 0.161 e. The van der Waals surface area contributed by atoms with Gasteiger partial charge < -0.3 is 15.2 Å². The van der Waals surface area contributed by atoms with E-state index in [1.54, 1.807) is 7.11 Å². The highest BCUT2D eigenvalue weighted by atomic mass is 35.5. The van der Waals surface area contributed by atoms with Gasteiger partial charge >= 0.3 is 0 Å². The first-order valence-corrected chi connectivity index (χ1v) is 8.88. The summed E-state index contributed by atoms with van der Waals surface area (Å²) in [5.41, 5.74) is 8.83. The molecule has 136 valence electrons. The van der Waals surface area contributed by atoms with Crippen LogP contribution < -0.4 is 15.2 Å². The van der Waals surface area contributed by atoms with E-state index in [2.05, 4.69) is 24.3 Å². The van der Waals surface area contributed by atoms with E-state index in [4.69, 9.17) is 15.2 Å². The predicted octanol–water partition coefficient (Wildman–Crippen LogP) is 5.28. The SMILES string of the molecule is COc1ccc([C@H](N)C2CCCCC2)cc1OCc1ccccc1.Cl. The largest absolute Gasteiger partial charge is 0.493 e. The number of rotatable bonds is 6. The molecule has 0 unspecified atom stereocenters. The van der Waals surface area contributed by atoms with E-state index < -0.39 is 0 Å². The van der Waals surface area contributed by atoms with E-state index in [1.165, 1.54) is 32.1 Å². The van der Waals surface area contributed by atoms with E-state index in [9.17, 15) is 0 Å². The number of methoxy groups -OCH3 is 1. The fourth-order valence-electron chi connectivity index (χ4n) is 3.51. The minimum absolute atomic E-state index is 0. The fraction of sp³-hybridized carbons (Fsp3) is 0.429. The van der Waals surface area contributed by atoms with Crippen molar-refractivity contribution in [2.24, 2.45) is 11.7 Å². The summed E-state index contributed by atoms with van der Waals surface area (Å²) in [6.45, 7) is 0.527. The molecule has 0 heterocycles. The molecule has 2 aromatic rings. The molecule has 0 aromatic heterocycles. The van der Waals surface area contributed by atoms with E-state index in [0.717, 1.165) is 22.6 Å². The number of halogens is 1. The third-order valence-corrected chi connectivity index (χ3v) is 4.97. The Morgan fingerprint density at radius 3 is 2.40 bits per heavy atom. The lowest BCUT2D eigenvalue weighted by atomic mass is 9.81. The van der Waals surface area contributed by atoms with Crippen molar-refractivity contribution in [1.82, 2.24) is 0 Å². The molecule has 0 amide bonds. The topological polar surface area (TPSA) is 44.5 Å². The third kappa shape index (κ3) is 5.13. The van der Waals surface area contributed by atoms with Gasteiger partial charge in [-0.2, -0.15) is 0 Å². The summed E-state index contributed by atoms with van der Waals surface area (Å²) in [6, 6.07) is 16.3. The van der Waals surface area contributed by atoms with Crippen LogP contribution in [0.1, 0.15) is 49.3 Å². The van der Waals surface area contributed by atoms with Crippen molar-refractivity contribution >= 4 is 12.4 Å². The van der Waals surface area contributed by atoms with Gasteiger partial charge in [-0.1, -0.05) is 55.7 Å². The second-order valence-corrected chi connectivity index (χ2v) is 6.61. The number of nitrogens with two attached hydrogens (primary N) is 1. The van der Waals surface area contributed by atoms with Crippen molar-refractivity contribution in [3.63, 3.8) is 0 Å². The Labute approximate surface area is 156 Å². The van der Waals surface area contributed by atoms with E-state index >= 15 is 0 Å². The van der Waals surface area contributed by atoms with Crippen LogP contribution in [0, 0.1) is 5.92 Å². The van der Waals surface area contributed by atoms with Crippen LogP contribution in [0.5, 0.6) is 11.5 Å². The number of ether oxygens (including phenoxy) is 2. The maximum Gasteiger partial charge on any atom is 0.161 e. The molecule has 1 fully saturated rings. The highest BCUT2D eigenvalue weighted by Gasteiger charge is 2.22. The van der Waals surface area contributed by atoms with Gasteiger partial charge in [-0.15, -0.1) is 12.4 Å². The van der Waals surface area contributed by atoms with Gasteiger partial charge in [-0.25, -0.2) is 0 Å². The van der Waals surface area contributed by atoms with Crippen molar-refractivity contribution in [3.8, 4) is 11.5 Å². The fourth-order valence-corrected chi connectivity index (χ4v) is 3.51. The van der Waals surface area contributed by atoms with E-state index in [0.29, 0.717) is 12.5 Å². The van der Waals surface area contributed by atoms with Crippen LogP contribution in [0.2, 0.25) is 0 Å². The van der Waals surface area contributed by atoms with Crippen LogP contribution in [-0.4, -0.2) is 7.11 Å². The zero-order chi connectivity index (χ0) is 16.8. The summed E-state index contributed by atoms with van der Waals surface area (Å²) < 4.78 is 11.5. The quantitative estimate of drug-likeness (QED) is 0.761. The van der Waals surface area contributed by atoms with Crippen LogP contribution in [0.3, 0.4) is 0 Å². The first-order chi connectivity index (χ1) is 11.8. The Bertz CT molecular complexity index is 642. The number of benzene rings is 2. The highest BCUT2D eigenvalue weighted by molar-refractivity contribution is 5.85. The zero-order valence-electron chi connectivity index (χ0n) is 14.8. The monoisotopic (exact) mass is 361 g/mol. The maximum atomic E-state index is 6.54. The molecule has 0 spiro atoms. The summed E-state index contributed by atoms with van der Waals surface area (Å²) in [6.07, 6.45) is 6.40. The Morgan fingerprint density at radius 2 is 1.72 bits per heavy atom. The predicted molar refractivity (Wildman–Crippen MR) is 105 cm³/mol. The van der Waals surface area contributed by atoms with Gasteiger partial charge in [0.05, 0.1) is 7.11 Å². The Morgan fingerprint density at radius 1 is 1.00 bits per heavy atom. The molecule has 1 saturated carbocycles. The van der Waals surface area contributed by atoms with Crippen LogP contribution in [0.15, 0.2) is 48.5 Å². The molecule has 2 N–H and O–H groups in total. The third-order valence-electron chi connectivity index (χ3n) is 4.97. The molecule has 3 nitrogen and oxygen atoms in total. The lowest BCUT2D eigenvalue weighted by Crippen LogP contribution is -2.23. The molecule has 4 heteroatoms. The Hall–Kier alpha value is -1.71.